The van der Waals surface area contributed by atoms with Crippen molar-refractivity contribution in [3.05, 3.63) is 35.9 Å². The van der Waals surface area contributed by atoms with Crippen LogP contribution in [-0.2, 0) is 16.1 Å². The van der Waals surface area contributed by atoms with Gasteiger partial charge in [-0.15, -0.1) is 0 Å². The van der Waals surface area contributed by atoms with E-state index in [1.165, 1.54) is 0 Å². The van der Waals surface area contributed by atoms with Crippen LogP contribution in [0, 0.1) is 5.41 Å². The number of aliphatic carboxylic acids is 1. The van der Waals surface area contributed by atoms with Crippen LogP contribution >= 0.6 is 0 Å². The Bertz CT molecular complexity index is 440. The highest BCUT2D eigenvalue weighted by Gasteiger charge is 2.26. The fourth-order valence-corrected chi connectivity index (χ4v) is 1.96. The predicted octanol–water partition coefficient (Wildman–Crippen LogP) is 2.54. The molecule has 0 unspecified atom stereocenters. The van der Waals surface area contributed by atoms with Crippen molar-refractivity contribution in [3.8, 4) is 0 Å². The van der Waals surface area contributed by atoms with Gasteiger partial charge < -0.3 is 10.0 Å². The monoisotopic (exact) mass is 263 g/mol. The Balaban J connectivity index is 2.56. The fraction of sp³-hybridized carbons (Fsp3) is 0.467. The van der Waals surface area contributed by atoms with E-state index in [0.29, 0.717) is 6.54 Å². The molecular weight excluding hydrogens is 242 g/mol. The first-order chi connectivity index (χ1) is 8.80. The normalized spacial score (nSPS) is 11.1. The van der Waals surface area contributed by atoms with Gasteiger partial charge in [0.1, 0.15) is 0 Å². The average Bonchev–Trinajstić information content (AvgIpc) is 2.27. The lowest BCUT2D eigenvalue weighted by Gasteiger charge is -2.25. The third-order valence-electron chi connectivity index (χ3n) is 2.95. The molecule has 1 aromatic rings. The molecule has 0 atom stereocenters. The van der Waals surface area contributed by atoms with Gasteiger partial charge in [-0.2, -0.15) is 0 Å². The summed E-state index contributed by atoms with van der Waals surface area (Å²) >= 11 is 0. The molecular formula is C15H21NO3. The summed E-state index contributed by atoms with van der Waals surface area (Å²) in [4.78, 5) is 24.4. The Morgan fingerprint density at radius 2 is 1.74 bits per heavy atom. The molecule has 19 heavy (non-hydrogen) atoms. The van der Waals surface area contributed by atoms with Gasteiger partial charge in [-0.05, 0) is 11.0 Å². The van der Waals surface area contributed by atoms with Gasteiger partial charge in [0.2, 0.25) is 5.91 Å². The van der Waals surface area contributed by atoms with E-state index < -0.39 is 11.4 Å². The van der Waals surface area contributed by atoms with Crippen LogP contribution < -0.4 is 0 Å². The Labute approximate surface area is 114 Å². The van der Waals surface area contributed by atoms with Gasteiger partial charge in [0, 0.05) is 20.0 Å². The molecule has 0 saturated heterocycles. The van der Waals surface area contributed by atoms with Gasteiger partial charge in [-0.3, -0.25) is 9.59 Å². The van der Waals surface area contributed by atoms with Gasteiger partial charge in [0.25, 0.3) is 0 Å². The van der Waals surface area contributed by atoms with Crippen LogP contribution in [0.4, 0.5) is 0 Å². The van der Waals surface area contributed by atoms with E-state index in [1.54, 1.807) is 25.8 Å². The number of hydrogen-bond donors (Lipinski definition) is 1. The van der Waals surface area contributed by atoms with E-state index in [-0.39, 0.29) is 18.7 Å². The molecule has 1 rings (SSSR count). The second-order valence-corrected chi connectivity index (χ2v) is 5.65. The van der Waals surface area contributed by atoms with Crippen LogP contribution in [-0.4, -0.2) is 28.9 Å². The molecule has 0 bridgehead atoms. The van der Waals surface area contributed by atoms with E-state index in [4.69, 9.17) is 5.11 Å². The second-order valence-electron chi connectivity index (χ2n) is 5.65. The van der Waals surface area contributed by atoms with Gasteiger partial charge in [-0.25, -0.2) is 0 Å². The third kappa shape index (κ3) is 5.55. The predicted molar refractivity (Wildman–Crippen MR) is 73.6 cm³/mol. The molecule has 0 heterocycles. The smallest absolute Gasteiger partial charge is 0.303 e. The van der Waals surface area contributed by atoms with Crippen molar-refractivity contribution < 1.29 is 14.7 Å². The summed E-state index contributed by atoms with van der Waals surface area (Å²) in [6.07, 6.45) is 0.237. The Hall–Kier alpha value is -1.84. The first kappa shape index (κ1) is 15.2. The zero-order chi connectivity index (χ0) is 14.5. The molecule has 1 N–H and O–H groups in total. The van der Waals surface area contributed by atoms with Crippen LogP contribution in [0.25, 0.3) is 0 Å². The minimum atomic E-state index is -0.872. The maximum absolute atomic E-state index is 12.1. The standard InChI is InChI=1S/C15H21NO3/c1-15(2,10-14(18)19)9-13(17)16(3)11-12-7-5-4-6-8-12/h4-8H,9-11H2,1-3H3,(H,18,19). The van der Waals surface area contributed by atoms with Gasteiger partial charge in [-0.1, -0.05) is 44.2 Å². The second kappa shape index (κ2) is 6.36. The maximum Gasteiger partial charge on any atom is 0.303 e. The van der Waals surface area contributed by atoms with Crippen molar-refractivity contribution >= 4 is 11.9 Å². The minimum absolute atomic E-state index is 0.00207. The number of benzene rings is 1. The molecule has 0 spiro atoms. The molecule has 0 aliphatic rings. The highest BCUT2D eigenvalue weighted by molar-refractivity contribution is 5.77. The minimum Gasteiger partial charge on any atom is -0.481 e. The molecule has 4 nitrogen and oxygen atoms in total. The van der Waals surface area contributed by atoms with Crippen molar-refractivity contribution in [2.75, 3.05) is 7.05 Å². The number of rotatable bonds is 6. The largest absolute Gasteiger partial charge is 0.481 e. The quantitative estimate of drug-likeness (QED) is 0.858. The summed E-state index contributed by atoms with van der Waals surface area (Å²) in [6, 6.07) is 9.73. The fourth-order valence-electron chi connectivity index (χ4n) is 1.96. The first-order valence-corrected chi connectivity index (χ1v) is 6.30. The first-order valence-electron chi connectivity index (χ1n) is 6.30. The van der Waals surface area contributed by atoms with E-state index in [1.807, 2.05) is 30.3 Å². The topological polar surface area (TPSA) is 57.6 Å². The van der Waals surface area contributed by atoms with E-state index in [2.05, 4.69) is 0 Å². The molecule has 104 valence electrons. The Kier molecular flexibility index (Phi) is 5.10. The number of hydrogen-bond acceptors (Lipinski definition) is 2. The number of nitrogens with zero attached hydrogens (tertiary/aromatic N) is 1. The summed E-state index contributed by atoms with van der Waals surface area (Å²) in [6.45, 7) is 4.15. The van der Waals surface area contributed by atoms with Gasteiger partial charge >= 0.3 is 5.97 Å². The van der Waals surface area contributed by atoms with E-state index in [0.717, 1.165) is 5.56 Å². The van der Waals surface area contributed by atoms with Crippen molar-refractivity contribution in [2.45, 2.75) is 33.2 Å². The Morgan fingerprint density at radius 3 is 2.26 bits per heavy atom. The number of carboxylic acids is 1. The van der Waals surface area contributed by atoms with Crippen LogP contribution in [0.15, 0.2) is 30.3 Å². The summed E-state index contributed by atoms with van der Waals surface area (Å²) < 4.78 is 0. The third-order valence-corrected chi connectivity index (χ3v) is 2.95. The van der Waals surface area contributed by atoms with Crippen LogP contribution in [0.3, 0.4) is 0 Å². The van der Waals surface area contributed by atoms with Gasteiger partial charge in [0.15, 0.2) is 0 Å². The molecule has 4 heteroatoms. The summed E-state index contributed by atoms with van der Waals surface area (Å²) in [5, 5.41) is 8.81. The van der Waals surface area contributed by atoms with Gasteiger partial charge in [0.05, 0.1) is 6.42 Å². The number of carboxylic acid groups (broad SMARTS) is 1. The molecule has 0 saturated carbocycles. The lowest BCUT2D eigenvalue weighted by molar-refractivity contribution is -0.140. The molecule has 1 amide bonds. The number of amides is 1. The van der Waals surface area contributed by atoms with Crippen LogP contribution in [0.1, 0.15) is 32.3 Å². The SMILES string of the molecule is CN(Cc1ccccc1)C(=O)CC(C)(C)CC(=O)O. The lowest BCUT2D eigenvalue weighted by Crippen LogP contribution is -2.31. The maximum atomic E-state index is 12.1. The van der Waals surface area contributed by atoms with Crippen molar-refractivity contribution in [3.63, 3.8) is 0 Å². The molecule has 0 radical (unpaired) electrons. The van der Waals surface area contributed by atoms with Crippen molar-refractivity contribution in [2.24, 2.45) is 5.41 Å². The zero-order valence-corrected chi connectivity index (χ0v) is 11.7. The number of carbonyl (C=O) groups excluding carboxylic acids is 1. The zero-order valence-electron chi connectivity index (χ0n) is 11.7. The van der Waals surface area contributed by atoms with Crippen LogP contribution in [0.2, 0.25) is 0 Å². The average molecular weight is 263 g/mol. The van der Waals surface area contributed by atoms with E-state index >= 15 is 0 Å². The summed E-state index contributed by atoms with van der Waals surface area (Å²) in [5.41, 5.74) is 0.544. The van der Waals surface area contributed by atoms with Crippen molar-refractivity contribution in [1.29, 1.82) is 0 Å². The number of carbonyl (C=O) groups is 2. The highest BCUT2D eigenvalue weighted by Crippen LogP contribution is 2.26. The summed E-state index contributed by atoms with van der Waals surface area (Å²) in [7, 11) is 1.74. The Morgan fingerprint density at radius 1 is 1.16 bits per heavy atom. The van der Waals surface area contributed by atoms with E-state index in [9.17, 15) is 9.59 Å². The summed E-state index contributed by atoms with van der Waals surface area (Å²) in [5.74, 6) is -0.904. The molecule has 0 fully saturated rings. The lowest BCUT2D eigenvalue weighted by atomic mass is 9.85. The molecule has 0 aromatic heterocycles. The van der Waals surface area contributed by atoms with Crippen molar-refractivity contribution in [1.82, 2.24) is 4.90 Å². The molecule has 0 aliphatic heterocycles. The molecule has 1 aromatic carbocycles. The highest BCUT2D eigenvalue weighted by atomic mass is 16.4. The molecule has 0 aliphatic carbocycles. The van der Waals surface area contributed by atoms with Crippen LogP contribution in [0.5, 0.6) is 0 Å².